The van der Waals surface area contributed by atoms with E-state index in [1.165, 1.54) is 0 Å². The second kappa shape index (κ2) is 2.69. The minimum Gasteiger partial charge on any atom is -0.300 e. The Labute approximate surface area is 76.0 Å². The quantitative estimate of drug-likeness (QED) is 0.617. The lowest BCUT2D eigenvalue weighted by molar-refractivity contribution is 0.112. The zero-order valence-electron chi connectivity index (χ0n) is 7.61. The van der Waals surface area contributed by atoms with E-state index in [0.29, 0.717) is 5.69 Å². The van der Waals surface area contributed by atoms with Crippen LogP contribution in [0.1, 0.15) is 22.0 Å². The SMILES string of the molecule is Cc1cccc2c(C=O)nc(C)n12. The van der Waals surface area contributed by atoms with Gasteiger partial charge >= 0.3 is 0 Å². The van der Waals surface area contributed by atoms with E-state index in [1.54, 1.807) is 0 Å². The Morgan fingerprint density at radius 2 is 2.15 bits per heavy atom. The molecule has 2 rings (SSSR count). The molecule has 3 heteroatoms. The third-order valence-corrected chi connectivity index (χ3v) is 2.17. The standard InChI is InChI=1S/C10H10N2O/c1-7-4-3-5-10-9(6-13)11-8(2)12(7)10/h3-6H,1-2H3. The number of hydrogen-bond acceptors (Lipinski definition) is 2. The van der Waals surface area contributed by atoms with Gasteiger partial charge in [-0.25, -0.2) is 4.98 Å². The fraction of sp³-hybridized carbons (Fsp3) is 0.200. The van der Waals surface area contributed by atoms with Gasteiger partial charge < -0.3 is 4.40 Å². The number of hydrogen-bond donors (Lipinski definition) is 0. The van der Waals surface area contributed by atoms with Crippen LogP contribution >= 0.6 is 0 Å². The van der Waals surface area contributed by atoms with Crippen molar-refractivity contribution in [3.05, 3.63) is 35.4 Å². The first-order chi connectivity index (χ1) is 6.24. The molecule has 3 nitrogen and oxygen atoms in total. The van der Waals surface area contributed by atoms with E-state index in [1.807, 2.05) is 36.4 Å². The van der Waals surface area contributed by atoms with Gasteiger partial charge in [0.2, 0.25) is 0 Å². The molecule has 13 heavy (non-hydrogen) atoms. The summed E-state index contributed by atoms with van der Waals surface area (Å²) in [6.45, 7) is 3.89. The Bertz CT molecular complexity index is 471. The molecule has 0 amide bonds. The van der Waals surface area contributed by atoms with Crippen molar-refractivity contribution in [2.24, 2.45) is 0 Å². The summed E-state index contributed by atoms with van der Waals surface area (Å²) < 4.78 is 1.98. The van der Waals surface area contributed by atoms with Crippen LogP contribution in [0.25, 0.3) is 5.52 Å². The maximum absolute atomic E-state index is 10.7. The van der Waals surface area contributed by atoms with Crippen LogP contribution in [-0.4, -0.2) is 15.7 Å². The molecule has 0 bridgehead atoms. The fourth-order valence-corrected chi connectivity index (χ4v) is 1.62. The number of pyridine rings is 1. The van der Waals surface area contributed by atoms with E-state index in [2.05, 4.69) is 4.98 Å². The van der Waals surface area contributed by atoms with Gasteiger partial charge in [-0.1, -0.05) is 6.07 Å². The number of aldehydes is 1. The van der Waals surface area contributed by atoms with Gasteiger partial charge in [-0.05, 0) is 26.0 Å². The van der Waals surface area contributed by atoms with Crippen LogP contribution in [0.2, 0.25) is 0 Å². The van der Waals surface area contributed by atoms with Gasteiger partial charge in [0.1, 0.15) is 11.5 Å². The van der Waals surface area contributed by atoms with Gasteiger partial charge in [-0.15, -0.1) is 0 Å². The highest BCUT2D eigenvalue weighted by Crippen LogP contribution is 2.13. The summed E-state index contributed by atoms with van der Waals surface area (Å²) in [5, 5.41) is 0. The predicted molar refractivity (Wildman–Crippen MR) is 50.1 cm³/mol. The number of imidazole rings is 1. The Kier molecular flexibility index (Phi) is 1.65. The number of nitrogens with zero attached hydrogens (tertiary/aromatic N) is 2. The first-order valence-electron chi connectivity index (χ1n) is 4.14. The Hall–Kier alpha value is -1.64. The molecule has 2 heterocycles. The lowest BCUT2D eigenvalue weighted by Gasteiger charge is -2.00. The van der Waals surface area contributed by atoms with Crippen molar-refractivity contribution in [2.45, 2.75) is 13.8 Å². The van der Waals surface area contributed by atoms with Crippen molar-refractivity contribution in [2.75, 3.05) is 0 Å². The van der Waals surface area contributed by atoms with E-state index >= 15 is 0 Å². The summed E-state index contributed by atoms with van der Waals surface area (Å²) in [6.07, 6.45) is 0.793. The first kappa shape index (κ1) is 7.98. The molecule has 0 N–H and O–H groups in total. The normalized spacial score (nSPS) is 10.6. The summed E-state index contributed by atoms with van der Waals surface area (Å²) >= 11 is 0. The predicted octanol–water partition coefficient (Wildman–Crippen LogP) is 1.76. The van der Waals surface area contributed by atoms with Gasteiger partial charge in [-0.2, -0.15) is 0 Å². The summed E-state index contributed by atoms with van der Waals surface area (Å²) in [5.41, 5.74) is 2.49. The van der Waals surface area contributed by atoms with Crippen LogP contribution in [0.4, 0.5) is 0 Å². The average Bonchev–Trinajstić information content (AvgIpc) is 2.44. The second-order valence-corrected chi connectivity index (χ2v) is 3.05. The molecule has 0 spiro atoms. The van der Waals surface area contributed by atoms with Crippen LogP contribution in [0.3, 0.4) is 0 Å². The average molecular weight is 174 g/mol. The van der Waals surface area contributed by atoms with Crippen molar-refractivity contribution in [1.82, 2.24) is 9.38 Å². The molecular weight excluding hydrogens is 164 g/mol. The number of aromatic nitrogens is 2. The summed E-state index contributed by atoms with van der Waals surface area (Å²) in [4.78, 5) is 14.8. The second-order valence-electron chi connectivity index (χ2n) is 3.05. The zero-order valence-corrected chi connectivity index (χ0v) is 7.61. The van der Waals surface area contributed by atoms with Gasteiger partial charge in [0.25, 0.3) is 0 Å². The zero-order chi connectivity index (χ0) is 9.42. The molecule has 0 atom stereocenters. The van der Waals surface area contributed by atoms with E-state index in [9.17, 15) is 4.79 Å². The minimum absolute atomic E-state index is 0.515. The lowest BCUT2D eigenvalue weighted by atomic mass is 10.3. The summed E-state index contributed by atoms with van der Waals surface area (Å²) in [7, 11) is 0. The molecule has 0 saturated heterocycles. The van der Waals surface area contributed by atoms with E-state index in [0.717, 1.165) is 23.3 Å². The van der Waals surface area contributed by atoms with E-state index < -0.39 is 0 Å². The van der Waals surface area contributed by atoms with E-state index in [4.69, 9.17) is 0 Å². The number of aryl methyl sites for hydroxylation is 2. The monoisotopic (exact) mass is 174 g/mol. The van der Waals surface area contributed by atoms with Crippen LogP contribution in [0.5, 0.6) is 0 Å². The molecule has 0 saturated carbocycles. The largest absolute Gasteiger partial charge is 0.300 e. The number of carbonyl (C=O) groups excluding carboxylic acids is 1. The molecule has 0 aliphatic heterocycles. The molecule has 0 unspecified atom stereocenters. The van der Waals surface area contributed by atoms with Gasteiger partial charge in [0, 0.05) is 5.69 Å². The highest BCUT2D eigenvalue weighted by atomic mass is 16.1. The van der Waals surface area contributed by atoms with Crippen molar-refractivity contribution in [3.8, 4) is 0 Å². The Balaban J connectivity index is 2.95. The lowest BCUT2D eigenvalue weighted by Crippen LogP contribution is -1.92. The molecule has 66 valence electrons. The Morgan fingerprint density at radius 1 is 1.38 bits per heavy atom. The third-order valence-electron chi connectivity index (χ3n) is 2.17. The van der Waals surface area contributed by atoms with Crippen LogP contribution < -0.4 is 0 Å². The van der Waals surface area contributed by atoms with Crippen molar-refractivity contribution in [1.29, 1.82) is 0 Å². The summed E-state index contributed by atoms with van der Waals surface area (Å²) in [6, 6.07) is 5.83. The van der Waals surface area contributed by atoms with Gasteiger partial charge in [0.05, 0.1) is 5.52 Å². The van der Waals surface area contributed by atoms with Gasteiger partial charge in [-0.3, -0.25) is 4.79 Å². The van der Waals surface area contributed by atoms with E-state index in [-0.39, 0.29) is 0 Å². The molecule has 2 aromatic heterocycles. The molecule has 0 aliphatic carbocycles. The molecular formula is C10H10N2O. The van der Waals surface area contributed by atoms with Crippen LogP contribution in [0, 0.1) is 13.8 Å². The van der Waals surface area contributed by atoms with Crippen molar-refractivity contribution < 1.29 is 4.79 Å². The van der Waals surface area contributed by atoms with Crippen molar-refractivity contribution in [3.63, 3.8) is 0 Å². The fourth-order valence-electron chi connectivity index (χ4n) is 1.62. The smallest absolute Gasteiger partial charge is 0.170 e. The number of carbonyl (C=O) groups is 1. The molecule has 0 aliphatic rings. The van der Waals surface area contributed by atoms with Crippen LogP contribution in [0.15, 0.2) is 18.2 Å². The first-order valence-corrected chi connectivity index (χ1v) is 4.14. The maximum Gasteiger partial charge on any atom is 0.170 e. The summed E-state index contributed by atoms with van der Waals surface area (Å²) in [5.74, 6) is 0.857. The number of fused-ring (bicyclic) bond motifs is 1. The Morgan fingerprint density at radius 3 is 2.85 bits per heavy atom. The number of rotatable bonds is 1. The molecule has 0 radical (unpaired) electrons. The highest BCUT2D eigenvalue weighted by Gasteiger charge is 2.07. The topological polar surface area (TPSA) is 34.4 Å². The molecule has 0 aromatic carbocycles. The third kappa shape index (κ3) is 1.04. The van der Waals surface area contributed by atoms with Gasteiger partial charge in [0.15, 0.2) is 6.29 Å². The molecule has 2 aromatic rings. The van der Waals surface area contributed by atoms with Crippen molar-refractivity contribution >= 4 is 11.8 Å². The minimum atomic E-state index is 0.515. The van der Waals surface area contributed by atoms with Crippen LogP contribution in [-0.2, 0) is 0 Å². The highest BCUT2D eigenvalue weighted by molar-refractivity contribution is 5.83. The molecule has 0 fully saturated rings. The maximum atomic E-state index is 10.7.